The highest BCUT2D eigenvalue weighted by atomic mass is 35.5. The molecule has 1 N–H and O–H groups in total. The van der Waals surface area contributed by atoms with E-state index in [1.807, 2.05) is 0 Å². The average Bonchev–Trinajstić information content (AvgIpc) is 2.59. The summed E-state index contributed by atoms with van der Waals surface area (Å²) in [5, 5.41) is 14.3. The van der Waals surface area contributed by atoms with Crippen LogP contribution in [0, 0.1) is 17.0 Å². The molecule has 0 bridgehead atoms. The van der Waals surface area contributed by atoms with E-state index in [4.69, 9.17) is 23.2 Å². The minimum Gasteiger partial charge on any atom is -0.324 e. The topological polar surface area (TPSA) is 107 Å². The number of carbonyl (C=O) groups is 1. The molecular weight excluding hydrogens is 395 g/mol. The summed E-state index contributed by atoms with van der Waals surface area (Å²) in [6.07, 6.45) is 1.21. The number of halogens is 2. The van der Waals surface area contributed by atoms with Gasteiger partial charge in [-0.1, -0.05) is 29.3 Å². The molecular formula is C17H12Cl2N4O4. The van der Waals surface area contributed by atoms with Crippen molar-refractivity contribution in [2.45, 2.75) is 13.5 Å². The Morgan fingerprint density at radius 2 is 2.07 bits per heavy atom. The van der Waals surface area contributed by atoms with Crippen LogP contribution >= 0.6 is 23.2 Å². The van der Waals surface area contributed by atoms with Crippen LogP contribution in [-0.2, 0) is 11.3 Å². The predicted molar refractivity (Wildman–Crippen MR) is 102 cm³/mol. The van der Waals surface area contributed by atoms with Crippen LogP contribution in [0.4, 0.5) is 11.4 Å². The number of anilines is 1. The van der Waals surface area contributed by atoms with Crippen LogP contribution in [0.5, 0.6) is 0 Å². The number of carbonyl (C=O) groups excluding carboxylic acids is 1. The maximum Gasteiger partial charge on any atom is 0.274 e. The highest BCUT2D eigenvalue weighted by molar-refractivity contribution is 6.38. The molecule has 1 heterocycles. The fourth-order valence-corrected chi connectivity index (χ4v) is 3.15. The quantitative estimate of drug-likeness (QED) is 0.526. The van der Waals surface area contributed by atoms with Crippen molar-refractivity contribution < 1.29 is 9.72 Å². The maximum absolute atomic E-state index is 12.6. The lowest BCUT2D eigenvalue weighted by Gasteiger charge is -2.10. The molecule has 8 nitrogen and oxygen atoms in total. The molecule has 0 atom stereocenters. The molecule has 3 aromatic rings. The molecule has 10 heteroatoms. The van der Waals surface area contributed by atoms with Gasteiger partial charge in [0.15, 0.2) is 0 Å². The van der Waals surface area contributed by atoms with Crippen molar-refractivity contribution in [3.8, 4) is 0 Å². The summed E-state index contributed by atoms with van der Waals surface area (Å²) in [6.45, 7) is 1.20. The second-order valence-electron chi connectivity index (χ2n) is 5.72. The summed E-state index contributed by atoms with van der Waals surface area (Å²) < 4.78 is 1.11. The molecule has 0 aliphatic heterocycles. The van der Waals surface area contributed by atoms with Crippen molar-refractivity contribution in [3.05, 3.63) is 72.7 Å². The minimum atomic E-state index is -0.532. The van der Waals surface area contributed by atoms with E-state index in [2.05, 4.69) is 10.3 Å². The maximum atomic E-state index is 12.6. The second-order valence-corrected chi connectivity index (χ2v) is 6.56. The van der Waals surface area contributed by atoms with Gasteiger partial charge in [-0.3, -0.25) is 24.3 Å². The number of nitro benzene ring substituents is 1. The van der Waals surface area contributed by atoms with E-state index in [1.54, 1.807) is 6.07 Å². The lowest BCUT2D eigenvalue weighted by molar-refractivity contribution is -0.385. The third kappa shape index (κ3) is 3.76. The summed E-state index contributed by atoms with van der Waals surface area (Å²) in [6, 6.07) is 7.25. The first-order valence-electron chi connectivity index (χ1n) is 7.66. The lowest BCUT2D eigenvalue weighted by Crippen LogP contribution is -2.28. The smallest absolute Gasteiger partial charge is 0.274 e. The first-order chi connectivity index (χ1) is 12.8. The number of nitrogens with one attached hydrogen (secondary N) is 1. The molecule has 0 unspecified atom stereocenters. The average molecular weight is 407 g/mol. The Morgan fingerprint density at radius 3 is 2.78 bits per heavy atom. The number of aromatic nitrogens is 2. The Labute approximate surface area is 162 Å². The zero-order valence-electron chi connectivity index (χ0n) is 13.9. The molecule has 0 saturated carbocycles. The van der Waals surface area contributed by atoms with E-state index >= 15 is 0 Å². The zero-order chi connectivity index (χ0) is 19.7. The summed E-state index contributed by atoms with van der Waals surface area (Å²) in [7, 11) is 0. The fraction of sp³-hybridized carbons (Fsp3) is 0.118. The van der Waals surface area contributed by atoms with Crippen LogP contribution in [0.3, 0.4) is 0 Å². The molecule has 0 aliphatic rings. The van der Waals surface area contributed by atoms with Crippen LogP contribution < -0.4 is 10.9 Å². The number of hydrogen-bond donors (Lipinski definition) is 1. The molecule has 27 heavy (non-hydrogen) atoms. The van der Waals surface area contributed by atoms with Gasteiger partial charge >= 0.3 is 0 Å². The first-order valence-corrected chi connectivity index (χ1v) is 8.41. The van der Waals surface area contributed by atoms with E-state index in [1.165, 1.54) is 37.5 Å². The molecule has 0 saturated heterocycles. The van der Waals surface area contributed by atoms with Crippen LogP contribution in [-0.4, -0.2) is 20.4 Å². The van der Waals surface area contributed by atoms with Gasteiger partial charge in [-0.25, -0.2) is 4.98 Å². The summed E-state index contributed by atoms with van der Waals surface area (Å²) >= 11 is 12.0. The Bertz CT molecular complexity index is 1140. The Kier molecular flexibility index (Phi) is 5.11. The first kappa shape index (κ1) is 18.8. The van der Waals surface area contributed by atoms with Gasteiger partial charge in [0.1, 0.15) is 6.54 Å². The number of nitro groups is 1. The highest BCUT2D eigenvalue weighted by Crippen LogP contribution is 2.25. The second kappa shape index (κ2) is 7.34. The molecule has 0 spiro atoms. The number of benzene rings is 2. The molecule has 2 aromatic carbocycles. The van der Waals surface area contributed by atoms with E-state index in [0.29, 0.717) is 11.3 Å². The van der Waals surface area contributed by atoms with Crippen molar-refractivity contribution in [2.24, 2.45) is 0 Å². The number of rotatable bonds is 4. The third-order valence-electron chi connectivity index (χ3n) is 3.94. The van der Waals surface area contributed by atoms with Gasteiger partial charge in [0.05, 0.1) is 38.4 Å². The van der Waals surface area contributed by atoms with Crippen molar-refractivity contribution >= 4 is 51.4 Å². The predicted octanol–water partition coefficient (Wildman–Crippen LogP) is 3.56. The lowest BCUT2D eigenvalue weighted by atomic mass is 10.1. The van der Waals surface area contributed by atoms with Crippen LogP contribution in [0.15, 0.2) is 41.5 Å². The summed E-state index contributed by atoms with van der Waals surface area (Å²) in [4.78, 5) is 39.4. The monoisotopic (exact) mass is 406 g/mol. The van der Waals surface area contributed by atoms with Gasteiger partial charge in [0.25, 0.3) is 11.2 Å². The van der Waals surface area contributed by atoms with Gasteiger partial charge in [-0.05, 0) is 25.1 Å². The van der Waals surface area contributed by atoms with Gasteiger partial charge in [-0.2, -0.15) is 0 Å². The van der Waals surface area contributed by atoms with Crippen molar-refractivity contribution in [3.63, 3.8) is 0 Å². The SMILES string of the molecule is Cc1c(NC(=O)Cn2cnc3c(Cl)cc(Cl)cc3c2=O)cccc1[N+](=O)[O-]. The zero-order valence-corrected chi connectivity index (χ0v) is 15.4. The Morgan fingerprint density at radius 1 is 1.33 bits per heavy atom. The van der Waals surface area contributed by atoms with Crippen molar-refractivity contribution in [1.29, 1.82) is 0 Å². The molecule has 0 fully saturated rings. The fourth-order valence-electron chi connectivity index (χ4n) is 2.61. The number of amides is 1. The van der Waals surface area contributed by atoms with E-state index in [-0.39, 0.29) is 33.2 Å². The third-order valence-corrected chi connectivity index (χ3v) is 4.44. The summed E-state index contributed by atoms with van der Waals surface area (Å²) in [5.41, 5.74) is 0.315. The van der Waals surface area contributed by atoms with Crippen LogP contribution in [0.1, 0.15) is 5.56 Å². The van der Waals surface area contributed by atoms with Crippen LogP contribution in [0.2, 0.25) is 10.0 Å². The molecule has 0 radical (unpaired) electrons. The normalized spacial score (nSPS) is 10.8. The van der Waals surface area contributed by atoms with Gasteiger partial charge < -0.3 is 5.32 Å². The van der Waals surface area contributed by atoms with Gasteiger partial charge in [0, 0.05) is 11.1 Å². The standard InChI is InChI=1S/C17H12Cl2N4O4/c1-9-13(3-2-4-14(9)23(26)27)21-15(24)7-22-8-20-16-11(17(22)25)5-10(18)6-12(16)19/h2-6,8H,7H2,1H3,(H,21,24). The molecule has 138 valence electrons. The molecule has 0 aliphatic carbocycles. The number of fused-ring (bicyclic) bond motifs is 1. The number of hydrogen-bond acceptors (Lipinski definition) is 5. The Hall–Kier alpha value is -2.97. The van der Waals surface area contributed by atoms with Crippen molar-refractivity contribution in [1.82, 2.24) is 9.55 Å². The van der Waals surface area contributed by atoms with E-state index in [0.717, 1.165) is 4.57 Å². The summed E-state index contributed by atoms with van der Waals surface area (Å²) in [5.74, 6) is -0.532. The minimum absolute atomic E-state index is 0.110. The Balaban J connectivity index is 1.89. The van der Waals surface area contributed by atoms with E-state index in [9.17, 15) is 19.7 Å². The van der Waals surface area contributed by atoms with E-state index < -0.39 is 16.4 Å². The van der Waals surface area contributed by atoms with Gasteiger partial charge in [0.2, 0.25) is 5.91 Å². The van der Waals surface area contributed by atoms with Gasteiger partial charge in [-0.15, -0.1) is 0 Å². The number of nitrogens with zero attached hydrogens (tertiary/aromatic N) is 3. The largest absolute Gasteiger partial charge is 0.324 e. The highest BCUT2D eigenvalue weighted by Gasteiger charge is 2.16. The molecule has 3 rings (SSSR count). The van der Waals surface area contributed by atoms with Crippen molar-refractivity contribution in [2.75, 3.05) is 5.32 Å². The molecule has 1 amide bonds. The van der Waals surface area contributed by atoms with Crippen LogP contribution in [0.25, 0.3) is 10.9 Å². The molecule has 1 aromatic heterocycles.